The van der Waals surface area contributed by atoms with Crippen molar-refractivity contribution in [3.8, 4) is 0 Å². The van der Waals surface area contributed by atoms with Gasteiger partial charge < -0.3 is 0 Å². The Hall–Kier alpha value is -1.05. The van der Waals surface area contributed by atoms with Crippen molar-refractivity contribution in [2.75, 3.05) is 0 Å². The number of allylic oxidation sites excluding steroid dienone is 2. The van der Waals surface area contributed by atoms with Gasteiger partial charge in [0.25, 0.3) is 0 Å². The summed E-state index contributed by atoms with van der Waals surface area (Å²) in [6.45, 7) is 3.36. The average Bonchev–Trinajstić information content (AvgIpc) is 2.19. The SMILES string of the molecule is C=CC(=O)C=Cc1ccc(Cl)c(Cl)c1. The quantitative estimate of drug-likeness (QED) is 0.718. The van der Waals surface area contributed by atoms with Crippen LogP contribution in [-0.2, 0) is 4.79 Å². The van der Waals surface area contributed by atoms with Gasteiger partial charge in [0.05, 0.1) is 10.0 Å². The number of rotatable bonds is 3. The number of carbonyl (C=O) groups excluding carboxylic acids is 1. The molecule has 0 atom stereocenters. The van der Waals surface area contributed by atoms with E-state index >= 15 is 0 Å². The molecule has 1 aromatic rings. The standard InChI is InChI=1S/C11H8Cl2O/c1-2-9(14)5-3-8-4-6-10(12)11(13)7-8/h2-7H,1H2. The Labute approximate surface area is 92.6 Å². The van der Waals surface area contributed by atoms with E-state index < -0.39 is 0 Å². The smallest absolute Gasteiger partial charge is 0.178 e. The molecular formula is C11H8Cl2O. The molecule has 0 saturated heterocycles. The number of halogens is 2. The van der Waals surface area contributed by atoms with Crippen LogP contribution in [0.1, 0.15) is 5.56 Å². The largest absolute Gasteiger partial charge is 0.290 e. The van der Waals surface area contributed by atoms with E-state index in [0.717, 1.165) is 5.56 Å². The highest BCUT2D eigenvalue weighted by Gasteiger charge is 1.96. The van der Waals surface area contributed by atoms with Crippen LogP contribution in [0.4, 0.5) is 0 Å². The van der Waals surface area contributed by atoms with Crippen LogP contribution >= 0.6 is 23.2 Å². The van der Waals surface area contributed by atoms with E-state index in [1.165, 1.54) is 12.2 Å². The number of ketones is 1. The fourth-order valence-electron chi connectivity index (χ4n) is 0.862. The van der Waals surface area contributed by atoms with Gasteiger partial charge in [-0.05, 0) is 29.8 Å². The first-order valence-electron chi connectivity index (χ1n) is 3.93. The molecule has 14 heavy (non-hydrogen) atoms. The molecule has 1 aromatic carbocycles. The third kappa shape index (κ3) is 3.02. The normalized spacial score (nSPS) is 10.4. The summed E-state index contributed by atoms with van der Waals surface area (Å²) in [5, 5.41) is 0.971. The van der Waals surface area contributed by atoms with E-state index in [4.69, 9.17) is 23.2 Å². The van der Waals surface area contributed by atoms with Crippen LogP contribution in [0.15, 0.2) is 36.9 Å². The van der Waals surface area contributed by atoms with Crippen LogP contribution in [0.3, 0.4) is 0 Å². The summed E-state index contributed by atoms with van der Waals surface area (Å²) < 4.78 is 0. The van der Waals surface area contributed by atoms with Crippen LogP contribution in [0.25, 0.3) is 6.08 Å². The van der Waals surface area contributed by atoms with E-state index in [2.05, 4.69) is 6.58 Å². The van der Waals surface area contributed by atoms with Gasteiger partial charge in [-0.15, -0.1) is 0 Å². The first-order valence-corrected chi connectivity index (χ1v) is 4.68. The molecular weight excluding hydrogens is 219 g/mol. The summed E-state index contributed by atoms with van der Waals surface area (Å²) in [5.41, 5.74) is 0.828. The lowest BCUT2D eigenvalue weighted by molar-refractivity contribution is -0.110. The molecule has 0 saturated carbocycles. The first kappa shape index (κ1) is 11.0. The van der Waals surface area contributed by atoms with Crippen molar-refractivity contribution in [1.29, 1.82) is 0 Å². The molecule has 0 radical (unpaired) electrons. The molecule has 3 heteroatoms. The van der Waals surface area contributed by atoms with Crippen molar-refractivity contribution in [2.24, 2.45) is 0 Å². The number of carbonyl (C=O) groups is 1. The van der Waals surface area contributed by atoms with E-state index in [-0.39, 0.29) is 5.78 Å². The minimum Gasteiger partial charge on any atom is -0.290 e. The zero-order valence-electron chi connectivity index (χ0n) is 7.34. The molecule has 0 N–H and O–H groups in total. The molecule has 1 rings (SSSR count). The summed E-state index contributed by atoms with van der Waals surface area (Å²) in [7, 11) is 0. The van der Waals surface area contributed by atoms with Crippen molar-refractivity contribution >= 4 is 35.1 Å². The lowest BCUT2D eigenvalue weighted by Crippen LogP contribution is -1.82. The Morgan fingerprint density at radius 2 is 2.00 bits per heavy atom. The highest BCUT2D eigenvalue weighted by atomic mass is 35.5. The van der Waals surface area contributed by atoms with Gasteiger partial charge in [-0.25, -0.2) is 0 Å². The van der Waals surface area contributed by atoms with E-state index in [1.54, 1.807) is 24.3 Å². The second kappa shape index (κ2) is 4.99. The zero-order chi connectivity index (χ0) is 10.6. The monoisotopic (exact) mass is 226 g/mol. The van der Waals surface area contributed by atoms with E-state index in [1.807, 2.05) is 0 Å². The summed E-state index contributed by atoms with van der Waals surface area (Å²) in [5.74, 6) is -0.143. The van der Waals surface area contributed by atoms with Gasteiger partial charge in [0, 0.05) is 0 Å². The summed E-state index contributed by atoms with van der Waals surface area (Å²) in [6, 6.07) is 5.15. The molecule has 0 spiro atoms. The van der Waals surface area contributed by atoms with Crippen molar-refractivity contribution in [3.63, 3.8) is 0 Å². The van der Waals surface area contributed by atoms with Crippen LogP contribution in [0.2, 0.25) is 10.0 Å². The van der Waals surface area contributed by atoms with Crippen LogP contribution < -0.4 is 0 Å². The lowest BCUT2D eigenvalue weighted by Gasteiger charge is -1.96. The Bertz CT molecular complexity index is 394. The van der Waals surface area contributed by atoms with Gasteiger partial charge in [0.15, 0.2) is 5.78 Å². The minimum atomic E-state index is -0.143. The summed E-state index contributed by atoms with van der Waals surface area (Å²) in [4.78, 5) is 10.9. The minimum absolute atomic E-state index is 0.143. The topological polar surface area (TPSA) is 17.1 Å². The van der Waals surface area contributed by atoms with E-state index in [9.17, 15) is 4.79 Å². The zero-order valence-corrected chi connectivity index (χ0v) is 8.85. The van der Waals surface area contributed by atoms with Crippen LogP contribution in [0.5, 0.6) is 0 Å². The molecule has 0 aliphatic heterocycles. The molecule has 0 heterocycles. The van der Waals surface area contributed by atoms with Gasteiger partial charge in [-0.3, -0.25) is 4.79 Å². The van der Waals surface area contributed by atoms with Crippen molar-refractivity contribution in [1.82, 2.24) is 0 Å². The Kier molecular flexibility index (Phi) is 3.93. The predicted octanol–water partition coefficient (Wildman–Crippen LogP) is 3.76. The van der Waals surface area contributed by atoms with Crippen LogP contribution in [-0.4, -0.2) is 5.78 Å². The number of hydrogen-bond acceptors (Lipinski definition) is 1. The fourth-order valence-corrected chi connectivity index (χ4v) is 1.17. The third-order valence-electron chi connectivity index (χ3n) is 1.58. The number of hydrogen-bond donors (Lipinski definition) is 0. The molecule has 72 valence electrons. The van der Waals surface area contributed by atoms with Crippen molar-refractivity contribution < 1.29 is 4.79 Å². The molecule has 0 aromatic heterocycles. The number of benzene rings is 1. The van der Waals surface area contributed by atoms with Gasteiger partial charge in [0.1, 0.15) is 0 Å². The average molecular weight is 227 g/mol. The van der Waals surface area contributed by atoms with Gasteiger partial charge in [-0.1, -0.05) is 41.9 Å². The van der Waals surface area contributed by atoms with Gasteiger partial charge >= 0.3 is 0 Å². The van der Waals surface area contributed by atoms with Crippen LogP contribution in [0, 0.1) is 0 Å². The van der Waals surface area contributed by atoms with Gasteiger partial charge in [0.2, 0.25) is 0 Å². The molecule has 0 fully saturated rings. The second-order valence-corrected chi connectivity index (χ2v) is 3.43. The first-order chi connectivity index (χ1) is 6.63. The van der Waals surface area contributed by atoms with Gasteiger partial charge in [-0.2, -0.15) is 0 Å². The van der Waals surface area contributed by atoms with E-state index in [0.29, 0.717) is 10.0 Å². The highest BCUT2D eigenvalue weighted by molar-refractivity contribution is 6.42. The van der Waals surface area contributed by atoms with Crippen molar-refractivity contribution in [3.05, 3.63) is 52.5 Å². The molecule has 0 unspecified atom stereocenters. The Morgan fingerprint density at radius 1 is 1.29 bits per heavy atom. The predicted molar refractivity (Wildman–Crippen MR) is 60.7 cm³/mol. The van der Waals surface area contributed by atoms with Crippen molar-refractivity contribution in [2.45, 2.75) is 0 Å². The maximum absolute atomic E-state index is 10.9. The maximum atomic E-state index is 10.9. The molecule has 0 amide bonds. The molecule has 1 nitrogen and oxygen atoms in total. The maximum Gasteiger partial charge on any atom is 0.178 e. The highest BCUT2D eigenvalue weighted by Crippen LogP contribution is 2.22. The lowest BCUT2D eigenvalue weighted by atomic mass is 10.2. The molecule has 0 aliphatic carbocycles. The third-order valence-corrected chi connectivity index (χ3v) is 2.32. The Morgan fingerprint density at radius 3 is 2.57 bits per heavy atom. The summed E-state index contributed by atoms with van der Waals surface area (Å²) in [6.07, 6.45) is 4.33. The second-order valence-electron chi connectivity index (χ2n) is 2.61. The summed E-state index contributed by atoms with van der Waals surface area (Å²) >= 11 is 11.5. The molecule has 0 aliphatic rings. The fraction of sp³-hybridized carbons (Fsp3) is 0. The Balaban J connectivity index is 2.88. The molecule has 0 bridgehead atoms.